The van der Waals surface area contributed by atoms with Crippen LogP contribution in [0.5, 0.6) is 0 Å². The molecule has 0 unspecified atom stereocenters. The second-order valence-corrected chi connectivity index (χ2v) is 7.19. The predicted octanol–water partition coefficient (Wildman–Crippen LogP) is 3.73. The molecule has 1 fully saturated rings. The van der Waals surface area contributed by atoms with Crippen LogP contribution < -0.4 is 5.32 Å². The zero-order valence-corrected chi connectivity index (χ0v) is 14.2. The third-order valence-corrected chi connectivity index (χ3v) is 5.66. The lowest BCUT2D eigenvalue weighted by molar-refractivity contribution is -0.119. The highest BCUT2D eigenvalue weighted by Crippen LogP contribution is 2.29. The molecule has 0 saturated heterocycles. The molecular weight excluding hydrogens is 292 g/mol. The number of amides is 1. The van der Waals surface area contributed by atoms with Gasteiger partial charge >= 0.3 is 0 Å². The summed E-state index contributed by atoms with van der Waals surface area (Å²) in [6.45, 7) is 4.52. The SMILES string of the molecule is C[C@H]1[C@@H](NC(=O)CSCc2ccccc2C#N)CCC[C@@H]1C. The molecule has 22 heavy (non-hydrogen) atoms. The quantitative estimate of drug-likeness (QED) is 0.900. The summed E-state index contributed by atoms with van der Waals surface area (Å²) in [6.07, 6.45) is 3.57. The Hall–Kier alpha value is -1.47. The van der Waals surface area contributed by atoms with Gasteiger partial charge in [0.15, 0.2) is 0 Å². The van der Waals surface area contributed by atoms with Gasteiger partial charge in [-0.15, -0.1) is 11.8 Å². The van der Waals surface area contributed by atoms with Gasteiger partial charge in [0.25, 0.3) is 0 Å². The van der Waals surface area contributed by atoms with E-state index in [0.29, 0.717) is 34.9 Å². The molecule has 0 spiro atoms. The number of carbonyl (C=O) groups excluding carboxylic acids is 1. The van der Waals surface area contributed by atoms with Crippen molar-refractivity contribution >= 4 is 17.7 Å². The zero-order chi connectivity index (χ0) is 15.9. The second-order valence-electron chi connectivity index (χ2n) is 6.20. The number of hydrogen-bond acceptors (Lipinski definition) is 3. The maximum atomic E-state index is 12.1. The minimum atomic E-state index is 0.116. The van der Waals surface area contributed by atoms with E-state index >= 15 is 0 Å². The summed E-state index contributed by atoms with van der Waals surface area (Å²) in [5.74, 6) is 2.52. The molecule has 1 aliphatic rings. The molecule has 118 valence electrons. The molecule has 4 heteroatoms. The molecule has 1 amide bonds. The van der Waals surface area contributed by atoms with Crippen molar-refractivity contribution in [2.24, 2.45) is 11.8 Å². The highest BCUT2D eigenvalue weighted by molar-refractivity contribution is 7.99. The Morgan fingerprint density at radius 3 is 2.91 bits per heavy atom. The summed E-state index contributed by atoms with van der Waals surface area (Å²) < 4.78 is 0. The standard InChI is InChI=1S/C18H24N2OS/c1-13-6-5-9-17(14(13)2)20-18(21)12-22-11-16-8-4-3-7-15(16)10-19/h3-4,7-8,13-14,17H,5-6,9,11-12H2,1-2H3,(H,20,21)/t13-,14+,17-/m0/s1. The second kappa shape index (κ2) is 8.24. The lowest BCUT2D eigenvalue weighted by Gasteiger charge is -2.34. The number of nitrogens with one attached hydrogen (secondary N) is 1. The molecule has 2 rings (SSSR count). The van der Waals surface area contributed by atoms with Crippen LogP contribution in [0.2, 0.25) is 0 Å². The first kappa shape index (κ1) is 16.9. The summed E-state index contributed by atoms with van der Waals surface area (Å²) >= 11 is 1.57. The summed E-state index contributed by atoms with van der Waals surface area (Å²) in [7, 11) is 0. The number of thioether (sulfide) groups is 1. The normalized spacial score (nSPS) is 24.5. The number of hydrogen-bond donors (Lipinski definition) is 1. The van der Waals surface area contributed by atoms with Crippen molar-refractivity contribution in [3.05, 3.63) is 35.4 Å². The van der Waals surface area contributed by atoms with Gasteiger partial charge in [-0.1, -0.05) is 44.9 Å². The van der Waals surface area contributed by atoms with E-state index in [1.807, 2.05) is 24.3 Å². The summed E-state index contributed by atoms with van der Waals surface area (Å²) in [6, 6.07) is 10.1. The fourth-order valence-corrected chi connectivity index (χ4v) is 3.89. The van der Waals surface area contributed by atoms with Crippen molar-refractivity contribution in [1.29, 1.82) is 5.26 Å². The Morgan fingerprint density at radius 1 is 1.36 bits per heavy atom. The number of benzene rings is 1. The number of rotatable bonds is 5. The van der Waals surface area contributed by atoms with Crippen LogP contribution in [0.15, 0.2) is 24.3 Å². The number of nitriles is 1. The average Bonchev–Trinajstić information content (AvgIpc) is 2.52. The van der Waals surface area contributed by atoms with Crippen LogP contribution >= 0.6 is 11.8 Å². The topological polar surface area (TPSA) is 52.9 Å². The molecule has 1 aliphatic carbocycles. The maximum absolute atomic E-state index is 12.1. The molecule has 1 saturated carbocycles. The van der Waals surface area contributed by atoms with Crippen LogP contribution in [-0.4, -0.2) is 17.7 Å². The zero-order valence-electron chi connectivity index (χ0n) is 13.3. The van der Waals surface area contributed by atoms with Gasteiger partial charge in [0.1, 0.15) is 0 Å². The summed E-state index contributed by atoms with van der Waals surface area (Å²) in [4.78, 5) is 12.1. The Balaban J connectivity index is 1.77. The highest BCUT2D eigenvalue weighted by atomic mass is 32.2. The molecule has 3 nitrogen and oxygen atoms in total. The van der Waals surface area contributed by atoms with E-state index in [-0.39, 0.29) is 5.91 Å². The van der Waals surface area contributed by atoms with Crippen LogP contribution in [0.4, 0.5) is 0 Å². The molecule has 1 aromatic rings. The van der Waals surface area contributed by atoms with Crippen molar-refractivity contribution in [3.63, 3.8) is 0 Å². The third kappa shape index (κ3) is 4.51. The fraction of sp³-hybridized carbons (Fsp3) is 0.556. The van der Waals surface area contributed by atoms with Gasteiger partial charge in [0.2, 0.25) is 5.91 Å². The molecule has 0 radical (unpaired) electrons. The predicted molar refractivity (Wildman–Crippen MR) is 91.4 cm³/mol. The molecule has 1 N–H and O–H groups in total. The van der Waals surface area contributed by atoms with E-state index in [1.54, 1.807) is 11.8 Å². The molecule has 0 bridgehead atoms. The van der Waals surface area contributed by atoms with E-state index in [9.17, 15) is 4.79 Å². The van der Waals surface area contributed by atoms with E-state index in [1.165, 1.54) is 12.8 Å². The first-order chi connectivity index (χ1) is 10.6. The summed E-state index contributed by atoms with van der Waals surface area (Å²) in [5, 5.41) is 12.2. The molecule has 0 heterocycles. The van der Waals surface area contributed by atoms with E-state index in [2.05, 4.69) is 25.2 Å². The van der Waals surface area contributed by atoms with Gasteiger partial charge in [-0.2, -0.15) is 5.26 Å². The van der Waals surface area contributed by atoms with Gasteiger partial charge < -0.3 is 5.32 Å². The first-order valence-electron chi connectivity index (χ1n) is 7.97. The third-order valence-electron chi connectivity index (χ3n) is 4.68. The van der Waals surface area contributed by atoms with Crippen molar-refractivity contribution in [1.82, 2.24) is 5.32 Å². The highest BCUT2D eigenvalue weighted by Gasteiger charge is 2.27. The van der Waals surface area contributed by atoms with Gasteiger partial charge in [-0.25, -0.2) is 0 Å². The Labute approximate surface area is 137 Å². The average molecular weight is 316 g/mol. The lowest BCUT2D eigenvalue weighted by atomic mass is 9.78. The smallest absolute Gasteiger partial charge is 0.230 e. The minimum Gasteiger partial charge on any atom is -0.352 e. The monoisotopic (exact) mass is 316 g/mol. The van der Waals surface area contributed by atoms with Gasteiger partial charge in [-0.05, 0) is 29.9 Å². The molecule has 0 aliphatic heterocycles. The molecule has 1 aromatic carbocycles. The summed E-state index contributed by atoms with van der Waals surface area (Å²) in [5.41, 5.74) is 1.70. The van der Waals surface area contributed by atoms with E-state index in [4.69, 9.17) is 5.26 Å². The van der Waals surface area contributed by atoms with Crippen LogP contribution in [-0.2, 0) is 10.5 Å². The van der Waals surface area contributed by atoms with Crippen molar-refractivity contribution in [2.75, 3.05) is 5.75 Å². The van der Waals surface area contributed by atoms with Gasteiger partial charge in [-0.3, -0.25) is 4.79 Å². The maximum Gasteiger partial charge on any atom is 0.230 e. The minimum absolute atomic E-state index is 0.116. The number of carbonyl (C=O) groups is 1. The Bertz CT molecular complexity index is 552. The molecule has 0 aromatic heterocycles. The Kier molecular flexibility index (Phi) is 6.33. The van der Waals surface area contributed by atoms with Crippen molar-refractivity contribution in [2.45, 2.75) is 44.9 Å². The van der Waals surface area contributed by atoms with Crippen LogP contribution in [0.1, 0.15) is 44.2 Å². The van der Waals surface area contributed by atoms with Crippen molar-refractivity contribution in [3.8, 4) is 6.07 Å². The van der Waals surface area contributed by atoms with E-state index < -0.39 is 0 Å². The van der Waals surface area contributed by atoms with E-state index in [0.717, 1.165) is 12.0 Å². The van der Waals surface area contributed by atoms with Crippen LogP contribution in [0, 0.1) is 23.2 Å². The first-order valence-corrected chi connectivity index (χ1v) is 9.12. The number of nitrogens with zero attached hydrogens (tertiary/aromatic N) is 1. The van der Waals surface area contributed by atoms with Crippen LogP contribution in [0.3, 0.4) is 0 Å². The molecule has 3 atom stereocenters. The fourth-order valence-electron chi connectivity index (χ4n) is 3.04. The van der Waals surface area contributed by atoms with Crippen LogP contribution in [0.25, 0.3) is 0 Å². The largest absolute Gasteiger partial charge is 0.352 e. The molecular formula is C18H24N2OS. The Morgan fingerprint density at radius 2 is 2.14 bits per heavy atom. The van der Waals surface area contributed by atoms with Crippen molar-refractivity contribution < 1.29 is 4.79 Å². The van der Waals surface area contributed by atoms with Gasteiger partial charge in [0, 0.05) is 11.8 Å². The van der Waals surface area contributed by atoms with Gasteiger partial charge in [0.05, 0.1) is 17.4 Å². The lowest BCUT2D eigenvalue weighted by Crippen LogP contribution is -2.44.